The summed E-state index contributed by atoms with van der Waals surface area (Å²) in [6, 6.07) is 0. The van der Waals surface area contributed by atoms with E-state index < -0.39 is 5.60 Å². The maximum atomic E-state index is 12.1. The summed E-state index contributed by atoms with van der Waals surface area (Å²) in [5.74, 6) is 0.916. The number of carbonyl (C=O) groups is 1. The standard InChI is InChI=1S/C16H20ClN5O3/c1-16(2,3)25-15(23)22-5-4-10(9-22)11-7-19-12(8-18-11)14-21-20-13(6-17)24-14/h7-8,10H,4-6,9H2,1-3H3. The van der Waals surface area contributed by atoms with Crippen LogP contribution in [0.4, 0.5) is 4.79 Å². The zero-order chi connectivity index (χ0) is 18.0. The number of hydrogen-bond acceptors (Lipinski definition) is 7. The molecule has 8 nitrogen and oxygen atoms in total. The van der Waals surface area contributed by atoms with Crippen LogP contribution in [0.5, 0.6) is 0 Å². The molecule has 1 amide bonds. The zero-order valence-corrected chi connectivity index (χ0v) is 15.2. The van der Waals surface area contributed by atoms with Gasteiger partial charge in [-0.15, -0.1) is 21.8 Å². The lowest BCUT2D eigenvalue weighted by Crippen LogP contribution is -2.35. The van der Waals surface area contributed by atoms with Crippen LogP contribution in [-0.4, -0.2) is 49.8 Å². The van der Waals surface area contributed by atoms with E-state index in [1.807, 2.05) is 20.8 Å². The molecule has 0 bridgehead atoms. The van der Waals surface area contributed by atoms with E-state index in [-0.39, 0.29) is 23.8 Å². The van der Waals surface area contributed by atoms with Crippen LogP contribution in [0.2, 0.25) is 0 Å². The predicted molar refractivity (Wildman–Crippen MR) is 90.0 cm³/mol. The van der Waals surface area contributed by atoms with Gasteiger partial charge in [-0.25, -0.2) is 9.78 Å². The third-order valence-corrected chi connectivity index (χ3v) is 3.96. The van der Waals surface area contributed by atoms with Crippen molar-refractivity contribution in [1.82, 2.24) is 25.1 Å². The molecule has 0 N–H and O–H groups in total. The number of nitrogens with zero attached hydrogens (tertiary/aromatic N) is 5. The predicted octanol–water partition coefficient (Wildman–Crippen LogP) is 2.99. The van der Waals surface area contributed by atoms with Gasteiger partial charge >= 0.3 is 6.09 Å². The first-order chi connectivity index (χ1) is 11.9. The topological polar surface area (TPSA) is 94.2 Å². The lowest BCUT2D eigenvalue weighted by atomic mass is 10.1. The number of carbonyl (C=O) groups excluding carboxylic acids is 1. The molecule has 3 heterocycles. The van der Waals surface area contributed by atoms with Gasteiger partial charge in [0.25, 0.3) is 5.89 Å². The Hall–Kier alpha value is -2.22. The van der Waals surface area contributed by atoms with Gasteiger partial charge in [0.2, 0.25) is 5.89 Å². The number of alkyl halides is 1. The van der Waals surface area contributed by atoms with Crippen molar-refractivity contribution in [2.75, 3.05) is 13.1 Å². The van der Waals surface area contributed by atoms with Crippen LogP contribution in [0.15, 0.2) is 16.8 Å². The van der Waals surface area contributed by atoms with E-state index in [9.17, 15) is 4.79 Å². The first-order valence-electron chi connectivity index (χ1n) is 8.04. The third kappa shape index (κ3) is 4.25. The Bertz CT molecular complexity index is 741. The van der Waals surface area contributed by atoms with Crippen molar-refractivity contribution in [2.24, 2.45) is 0 Å². The molecule has 0 spiro atoms. The van der Waals surface area contributed by atoms with Crippen molar-refractivity contribution in [3.05, 3.63) is 24.0 Å². The van der Waals surface area contributed by atoms with E-state index >= 15 is 0 Å². The van der Waals surface area contributed by atoms with E-state index in [1.54, 1.807) is 17.3 Å². The number of aromatic nitrogens is 4. The second-order valence-electron chi connectivity index (χ2n) is 6.87. The van der Waals surface area contributed by atoms with Crippen LogP contribution in [0.25, 0.3) is 11.6 Å². The van der Waals surface area contributed by atoms with E-state index in [2.05, 4.69) is 20.2 Å². The highest BCUT2D eigenvalue weighted by atomic mass is 35.5. The van der Waals surface area contributed by atoms with Crippen LogP contribution in [0, 0.1) is 0 Å². The average Bonchev–Trinajstić information content (AvgIpc) is 3.23. The number of likely N-dealkylation sites (tertiary alicyclic amines) is 1. The fraction of sp³-hybridized carbons (Fsp3) is 0.562. The van der Waals surface area contributed by atoms with Gasteiger partial charge in [0, 0.05) is 25.2 Å². The summed E-state index contributed by atoms with van der Waals surface area (Å²) in [4.78, 5) is 22.6. The minimum Gasteiger partial charge on any atom is -0.444 e. The lowest BCUT2D eigenvalue weighted by Gasteiger charge is -2.24. The minimum absolute atomic E-state index is 0.134. The zero-order valence-electron chi connectivity index (χ0n) is 14.4. The summed E-state index contributed by atoms with van der Waals surface area (Å²) in [6.45, 7) is 6.78. The number of rotatable bonds is 3. The van der Waals surface area contributed by atoms with Gasteiger partial charge < -0.3 is 14.1 Å². The van der Waals surface area contributed by atoms with Crippen LogP contribution < -0.4 is 0 Å². The number of amides is 1. The Kier molecular flexibility index (Phi) is 4.89. The highest BCUT2D eigenvalue weighted by molar-refractivity contribution is 6.16. The van der Waals surface area contributed by atoms with Gasteiger partial charge in [-0.1, -0.05) is 0 Å². The van der Waals surface area contributed by atoms with Crippen molar-refractivity contribution < 1.29 is 13.9 Å². The largest absolute Gasteiger partial charge is 0.444 e. The van der Waals surface area contributed by atoms with Gasteiger partial charge in [0.15, 0.2) is 0 Å². The lowest BCUT2D eigenvalue weighted by molar-refractivity contribution is 0.0292. The average molecular weight is 366 g/mol. The summed E-state index contributed by atoms with van der Waals surface area (Å²) in [5, 5.41) is 7.68. The Morgan fingerprint density at radius 1 is 1.36 bits per heavy atom. The number of halogens is 1. The monoisotopic (exact) mass is 365 g/mol. The van der Waals surface area contributed by atoms with E-state index in [1.165, 1.54) is 0 Å². The molecule has 2 aromatic rings. The first-order valence-corrected chi connectivity index (χ1v) is 8.58. The molecule has 9 heteroatoms. The van der Waals surface area contributed by atoms with Crippen molar-refractivity contribution in [3.8, 4) is 11.6 Å². The molecule has 0 radical (unpaired) electrons. The molecule has 0 aliphatic carbocycles. The Balaban J connectivity index is 1.64. The summed E-state index contributed by atoms with van der Waals surface area (Å²) in [5.41, 5.74) is 0.823. The normalized spacial score (nSPS) is 17.8. The second kappa shape index (κ2) is 6.95. The maximum absolute atomic E-state index is 12.1. The Labute approximate surface area is 150 Å². The van der Waals surface area contributed by atoms with E-state index in [0.717, 1.165) is 12.1 Å². The molecule has 1 atom stereocenters. The Morgan fingerprint density at radius 2 is 2.16 bits per heavy atom. The van der Waals surface area contributed by atoms with Gasteiger partial charge in [0.1, 0.15) is 17.2 Å². The van der Waals surface area contributed by atoms with Crippen LogP contribution >= 0.6 is 11.6 Å². The summed E-state index contributed by atoms with van der Waals surface area (Å²) < 4.78 is 10.8. The smallest absolute Gasteiger partial charge is 0.410 e. The van der Waals surface area contributed by atoms with Crippen LogP contribution in [0.1, 0.15) is 44.7 Å². The molecule has 0 saturated carbocycles. The molecule has 2 aromatic heterocycles. The van der Waals surface area contributed by atoms with Crippen molar-refractivity contribution in [3.63, 3.8) is 0 Å². The van der Waals surface area contributed by atoms with Gasteiger partial charge in [0.05, 0.1) is 11.9 Å². The fourth-order valence-electron chi connectivity index (χ4n) is 2.56. The van der Waals surface area contributed by atoms with Crippen LogP contribution in [-0.2, 0) is 10.6 Å². The van der Waals surface area contributed by atoms with Crippen molar-refractivity contribution in [2.45, 2.75) is 44.6 Å². The summed E-state index contributed by atoms with van der Waals surface area (Å²) >= 11 is 5.64. The Morgan fingerprint density at radius 3 is 2.76 bits per heavy atom. The maximum Gasteiger partial charge on any atom is 0.410 e. The molecular weight excluding hydrogens is 346 g/mol. The van der Waals surface area contributed by atoms with Gasteiger partial charge in [-0.05, 0) is 27.2 Å². The molecule has 1 unspecified atom stereocenters. The number of hydrogen-bond donors (Lipinski definition) is 0. The van der Waals surface area contributed by atoms with Crippen molar-refractivity contribution in [1.29, 1.82) is 0 Å². The molecule has 1 aliphatic rings. The third-order valence-electron chi connectivity index (χ3n) is 3.73. The molecule has 25 heavy (non-hydrogen) atoms. The SMILES string of the molecule is CC(C)(C)OC(=O)N1CCC(c2cnc(-c3nnc(CCl)o3)cn2)C1. The van der Waals surface area contributed by atoms with Gasteiger partial charge in [-0.3, -0.25) is 4.98 Å². The molecule has 1 saturated heterocycles. The summed E-state index contributed by atoms with van der Waals surface area (Å²) in [6.07, 6.45) is 3.81. The highest BCUT2D eigenvalue weighted by Crippen LogP contribution is 2.27. The fourth-order valence-corrected chi connectivity index (χ4v) is 2.67. The number of ether oxygens (including phenoxy) is 1. The molecule has 1 aliphatic heterocycles. The first kappa shape index (κ1) is 17.6. The quantitative estimate of drug-likeness (QED) is 0.771. The molecule has 134 valence electrons. The van der Waals surface area contributed by atoms with E-state index in [4.69, 9.17) is 20.8 Å². The second-order valence-corrected chi connectivity index (χ2v) is 7.14. The summed E-state index contributed by atoms with van der Waals surface area (Å²) in [7, 11) is 0. The molecule has 1 fully saturated rings. The molecular formula is C16H20ClN5O3. The van der Waals surface area contributed by atoms with Gasteiger partial charge in [-0.2, -0.15) is 0 Å². The highest BCUT2D eigenvalue weighted by Gasteiger charge is 2.31. The molecule has 0 aromatic carbocycles. The van der Waals surface area contributed by atoms with Crippen molar-refractivity contribution >= 4 is 17.7 Å². The van der Waals surface area contributed by atoms with Crippen LogP contribution in [0.3, 0.4) is 0 Å². The minimum atomic E-state index is -0.497. The van der Waals surface area contributed by atoms with E-state index in [0.29, 0.717) is 24.7 Å². The molecule has 3 rings (SSSR count).